The van der Waals surface area contributed by atoms with E-state index < -0.39 is 0 Å². The van der Waals surface area contributed by atoms with Crippen molar-refractivity contribution in [3.05, 3.63) is 35.9 Å². The summed E-state index contributed by atoms with van der Waals surface area (Å²) in [4.78, 5) is 2.26. The lowest BCUT2D eigenvalue weighted by molar-refractivity contribution is 0.128. The summed E-state index contributed by atoms with van der Waals surface area (Å²) in [5.41, 5.74) is 6.92. The minimum absolute atomic E-state index is 0.125. The van der Waals surface area contributed by atoms with Crippen LogP contribution in [0, 0.1) is 0 Å². The van der Waals surface area contributed by atoms with Crippen LogP contribution in [0.4, 0.5) is 0 Å². The molecule has 0 aliphatic rings. The van der Waals surface area contributed by atoms with Crippen LogP contribution in [0.2, 0.25) is 0 Å². The van der Waals surface area contributed by atoms with Gasteiger partial charge in [0.1, 0.15) is 5.84 Å². The Morgan fingerprint density at radius 3 is 2.50 bits per heavy atom. The van der Waals surface area contributed by atoms with Gasteiger partial charge in [-0.05, 0) is 19.4 Å². The number of rotatable bonds is 8. The molecule has 1 unspecified atom stereocenters. The van der Waals surface area contributed by atoms with Crippen LogP contribution >= 0.6 is 0 Å². The molecule has 0 radical (unpaired) electrons. The van der Waals surface area contributed by atoms with E-state index in [0.29, 0.717) is 19.2 Å². The van der Waals surface area contributed by atoms with Crippen molar-refractivity contribution in [3.8, 4) is 0 Å². The summed E-state index contributed by atoms with van der Waals surface area (Å²) in [6.45, 7) is 6.43. The van der Waals surface area contributed by atoms with Crippen molar-refractivity contribution in [2.24, 2.45) is 10.9 Å². The van der Waals surface area contributed by atoms with Crippen molar-refractivity contribution in [2.75, 3.05) is 26.8 Å². The molecule has 0 aliphatic carbocycles. The fraction of sp³-hybridized carbons (Fsp3) is 0.533. The molecule has 5 heteroatoms. The zero-order chi connectivity index (χ0) is 15.0. The highest BCUT2D eigenvalue weighted by Crippen LogP contribution is 2.18. The van der Waals surface area contributed by atoms with Crippen LogP contribution in [0.1, 0.15) is 25.3 Å². The van der Waals surface area contributed by atoms with E-state index in [-0.39, 0.29) is 11.8 Å². The van der Waals surface area contributed by atoms with Gasteiger partial charge < -0.3 is 15.7 Å². The molecule has 112 valence electrons. The van der Waals surface area contributed by atoms with Gasteiger partial charge in [-0.25, -0.2) is 0 Å². The lowest BCUT2D eigenvalue weighted by Crippen LogP contribution is -2.40. The fourth-order valence-electron chi connectivity index (χ4n) is 2.13. The summed E-state index contributed by atoms with van der Waals surface area (Å²) in [5.74, 6) is 0.111. The molecule has 0 amide bonds. The highest BCUT2D eigenvalue weighted by atomic mass is 16.5. The van der Waals surface area contributed by atoms with E-state index in [9.17, 15) is 0 Å². The summed E-state index contributed by atoms with van der Waals surface area (Å²) >= 11 is 0. The second kappa shape index (κ2) is 8.55. The Balaban J connectivity index is 2.88. The van der Waals surface area contributed by atoms with Crippen LogP contribution in [0.3, 0.4) is 0 Å². The van der Waals surface area contributed by atoms with Crippen molar-refractivity contribution < 1.29 is 9.94 Å². The van der Waals surface area contributed by atoms with Gasteiger partial charge in [-0.3, -0.25) is 4.90 Å². The molecule has 1 atom stereocenters. The summed E-state index contributed by atoms with van der Waals surface area (Å²) in [5, 5.41) is 12.2. The SMILES string of the molecule is COCCN(CC(/C(N)=N/O)c1ccccc1)C(C)C. The van der Waals surface area contributed by atoms with Crippen LogP contribution in [0.5, 0.6) is 0 Å². The van der Waals surface area contributed by atoms with Crippen LogP contribution in [0.15, 0.2) is 35.5 Å². The Hall–Kier alpha value is -1.59. The highest BCUT2D eigenvalue weighted by molar-refractivity contribution is 5.87. The molecule has 0 fully saturated rings. The lowest BCUT2D eigenvalue weighted by atomic mass is 9.97. The normalized spacial score (nSPS) is 13.9. The predicted molar refractivity (Wildman–Crippen MR) is 81.2 cm³/mol. The van der Waals surface area contributed by atoms with E-state index >= 15 is 0 Å². The second-order valence-corrected chi connectivity index (χ2v) is 5.07. The number of nitrogens with zero attached hydrogens (tertiary/aromatic N) is 2. The molecule has 0 heterocycles. The monoisotopic (exact) mass is 279 g/mol. The smallest absolute Gasteiger partial charge is 0.147 e. The molecule has 5 nitrogen and oxygen atoms in total. The molecule has 3 N–H and O–H groups in total. The Labute approximate surface area is 121 Å². The number of benzene rings is 1. The van der Waals surface area contributed by atoms with Crippen LogP contribution in [-0.2, 0) is 4.74 Å². The Kier molecular flexibility index (Phi) is 7.04. The van der Waals surface area contributed by atoms with Crippen molar-refractivity contribution in [3.63, 3.8) is 0 Å². The van der Waals surface area contributed by atoms with Gasteiger partial charge in [0.2, 0.25) is 0 Å². The lowest BCUT2D eigenvalue weighted by Gasteiger charge is -2.30. The summed E-state index contributed by atoms with van der Waals surface area (Å²) < 4.78 is 5.14. The summed E-state index contributed by atoms with van der Waals surface area (Å²) in [6, 6.07) is 10.2. The van der Waals surface area contributed by atoms with Gasteiger partial charge in [-0.15, -0.1) is 0 Å². The van der Waals surface area contributed by atoms with E-state index in [1.165, 1.54) is 0 Å². The third kappa shape index (κ3) is 4.83. The molecular weight excluding hydrogens is 254 g/mol. The van der Waals surface area contributed by atoms with Gasteiger partial charge in [0.05, 0.1) is 12.5 Å². The van der Waals surface area contributed by atoms with Gasteiger partial charge in [0.25, 0.3) is 0 Å². The third-order valence-electron chi connectivity index (χ3n) is 3.40. The number of methoxy groups -OCH3 is 1. The summed E-state index contributed by atoms with van der Waals surface area (Å²) in [6.07, 6.45) is 0. The highest BCUT2D eigenvalue weighted by Gasteiger charge is 2.21. The number of hydrogen-bond acceptors (Lipinski definition) is 4. The molecule has 0 aromatic heterocycles. The van der Waals surface area contributed by atoms with Gasteiger partial charge >= 0.3 is 0 Å². The molecule has 1 rings (SSSR count). The molecule has 0 bridgehead atoms. The maximum absolute atomic E-state index is 9.01. The Morgan fingerprint density at radius 2 is 2.00 bits per heavy atom. The van der Waals surface area contributed by atoms with Gasteiger partial charge in [-0.2, -0.15) is 0 Å². The van der Waals surface area contributed by atoms with E-state index in [2.05, 4.69) is 23.9 Å². The largest absolute Gasteiger partial charge is 0.409 e. The fourth-order valence-corrected chi connectivity index (χ4v) is 2.13. The summed E-state index contributed by atoms with van der Waals surface area (Å²) in [7, 11) is 1.69. The number of ether oxygens (including phenoxy) is 1. The first-order valence-electron chi connectivity index (χ1n) is 6.85. The molecule has 1 aromatic rings. The first-order valence-corrected chi connectivity index (χ1v) is 6.85. The van der Waals surface area contributed by atoms with Crippen LogP contribution in [-0.4, -0.2) is 48.8 Å². The van der Waals surface area contributed by atoms with E-state index in [4.69, 9.17) is 15.7 Å². The molecule has 0 spiro atoms. The maximum atomic E-state index is 9.01. The van der Waals surface area contributed by atoms with E-state index in [1.807, 2.05) is 30.3 Å². The number of nitrogens with two attached hydrogens (primary N) is 1. The van der Waals surface area contributed by atoms with Gasteiger partial charge in [0.15, 0.2) is 0 Å². The minimum Gasteiger partial charge on any atom is -0.409 e. The average Bonchev–Trinajstić information content (AvgIpc) is 2.47. The topological polar surface area (TPSA) is 71.1 Å². The van der Waals surface area contributed by atoms with Crippen molar-refractivity contribution in [2.45, 2.75) is 25.8 Å². The first kappa shape index (κ1) is 16.5. The van der Waals surface area contributed by atoms with Gasteiger partial charge in [0, 0.05) is 26.2 Å². The second-order valence-electron chi connectivity index (χ2n) is 5.07. The maximum Gasteiger partial charge on any atom is 0.147 e. The van der Waals surface area contributed by atoms with Gasteiger partial charge in [-0.1, -0.05) is 35.5 Å². The standard InChI is InChI=1S/C15H25N3O2/c1-12(2)18(9-10-20-3)11-14(15(16)17-19)13-7-5-4-6-8-13/h4-8,12,14,19H,9-11H2,1-3H3,(H2,16,17). The zero-order valence-electron chi connectivity index (χ0n) is 12.5. The first-order chi connectivity index (χ1) is 9.60. The van der Waals surface area contributed by atoms with Crippen LogP contribution < -0.4 is 5.73 Å². The Morgan fingerprint density at radius 1 is 1.35 bits per heavy atom. The zero-order valence-corrected chi connectivity index (χ0v) is 12.5. The third-order valence-corrected chi connectivity index (χ3v) is 3.40. The van der Waals surface area contributed by atoms with Crippen LogP contribution in [0.25, 0.3) is 0 Å². The molecule has 0 saturated carbocycles. The average molecular weight is 279 g/mol. The predicted octanol–water partition coefficient (Wildman–Crippen LogP) is 1.87. The number of oxime groups is 1. The number of amidine groups is 1. The molecule has 1 aromatic carbocycles. The molecular formula is C15H25N3O2. The molecule has 0 saturated heterocycles. The van der Waals surface area contributed by atoms with Crippen molar-refractivity contribution in [1.29, 1.82) is 0 Å². The van der Waals surface area contributed by atoms with Crippen molar-refractivity contribution >= 4 is 5.84 Å². The molecule has 20 heavy (non-hydrogen) atoms. The number of hydrogen-bond donors (Lipinski definition) is 2. The van der Waals surface area contributed by atoms with E-state index in [0.717, 1.165) is 12.1 Å². The minimum atomic E-state index is -0.125. The van der Waals surface area contributed by atoms with E-state index in [1.54, 1.807) is 7.11 Å². The molecule has 0 aliphatic heterocycles. The quantitative estimate of drug-likeness (QED) is 0.330. The van der Waals surface area contributed by atoms with Crippen molar-refractivity contribution in [1.82, 2.24) is 4.90 Å². The Bertz CT molecular complexity index is 407.